The number of anilines is 3. The van der Waals surface area contributed by atoms with Gasteiger partial charge in [-0.3, -0.25) is 5.10 Å². The van der Waals surface area contributed by atoms with Crippen LogP contribution in [0.4, 0.5) is 17.3 Å². The zero-order valence-electron chi connectivity index (χ0n) is 21.0. The van der Waals surface area contributed by atoms with Crippen molar-refractivity contribution in [3.63, 3.8) is 0 Å². The summed E-state index contributed by atoms with van der Waals surface area (Å²) in [6.07, 6.45) is 5.90. The number of ether oxygens (including phenoxy) is 1. The van der Waals surface area contributed by atoms with E-state index in [1.807, 2.05) is 19.2 Å². The number of aryl methyl sites for hydroxylation is 2. The van der Waals surface area contributed by atoms with Gasteiger partial charge < -0.3 is 20.3 Å². The second-order valence-electron chi connectivity index (χ2n) is 10.4. The molecule has 0 amide bonds. The third kappa shape index (κ3) is 3.77. The van der Waals surface area contributed by atoms with E-state index in [0.29, 0.717) is 5.65 Å². The van der Waals surface area contributed by atoms with Crippen molar-refractivity contribution >= 4 is 39.8 Å². The van der Waals surface area contributed by atoms with Crippen LogP contribution in [0, 0.1) is 12.3 Å². The Labute approximate surface area is 218 Å². The number of nitrogens with two attached hydrogens (primary N) is 1. The SMILES string of the molecule is Cc1nnc(-c2ccc3c(n2)CCCN3c2n[nH]c3nc(N4CCC5(CC4)CO[C@@H](C)[C@H]5N)cnc23)s1. The van der Waals surface area contributed by atoms with E-state index >= 15 is 0 Å². The first-order valence-electron chi connectivity index (χ1n) is 12.9. The smallest absolute Gasteiger partial charge is 0.183 e. The average molecular weight is 519 g/mol. The average Bonchev–Trinajstić information content (AvgIpc) is 3.63. The summed E-state index contributed by atoms with van der Waals surface area (Å²) in [6, 6.07) is 4.22. The Bertz CT molecular complexity index is 1460. The number of hydrogen-bond donors (Lipinski definition) is 2. The van der Waals surface area contributed by atoms with Crippen molar-refractivity contribution in [2.24, 2.45) is 11.1 Å². The van der Waals surface area contributed by atoms with Crippen molar-refractivity contribution in [2.45, 2.75) is 51.7 Å². The van der Waals surface area contributed by atoms with E-state index < -0.39 is 0 Å². The number of pyridine rings is 1. The van der Waals surface area contributed by atoms with E-state index in [1.165, 1.54) is 0 Å². The lowest BCUT2D eigenvalue weighted by Crippen LogP contribution is -2.50. The number of rotatable bonds is 3. The monoisotopic (exact) mass is 518 g/mol. The molecule has 11 nitrogen and oxygen atoms in total. The van der Waals surface area contributed by atoms with Crippen LogP contribution in [-0.4, -0.2) is 73.7 Å². The molecule has 0 aromatic carbocycles. The van der Waals surface area contributed by atoms with Crippen molar-refractivity contribution in [1.82, 2.24) is 35.3 Å². The number of fused-ring (bicyclic) bond motifs is 2. The van der Waals surface area contributed by atoms with Gasteiger partial charge in [-0.05, 0) is 51.7 Å². The molecule has 3 N–H and O–H groups in total. The minimum Gasteiger partial charge on any atom is -0.376 e. The Morgan fingerprint density at radius 2 is 2.03 bits per heavy atom. The first-order valence-corrected chi connectivity index (χ1v) is 13.7. The Morgan fingerprint density at radius 3 is 2.78 bits per heavy atom. The van der Waals surface area contributed by atoms with Crippen LogP contribution in [0.3, 0.4) is 0 Å². The summed E-state index contributed by atoms with van der Waals surface area (Å²) >= 11 is 1.56. The summed E-state index contributed by atoms with van der Waals surface area (Å²) in [5, 5.41) is 17.9. The van der Waals surface area contributed by atoms with Crippen molar-refractivity contribution < 1.29 is 4.74 Å². The molecule has 3 aliphatic heterocycles. The van der Waals surface area contributed by atoms with Gasteiger partial charge in [-0.25, -0.2) is 15.0 Å². The topological polar surface area (TPSA) is 135 Å². The van der Waals surface area contributed by atoms with Gasteiger partial charge >= 0.3 is 0 Å². The minimum absolute atomic E-state index is 0.0824. The predicted molar refractivity (Wildman–Crippen MR) is 142 cm³/mol. The van der Waals surface area contributed by atoms with Crippen LogP contribution in [-0.2, 0) is 11.2 Å². The molecule has 4 aromatic heterocycles. The van der Waals surface area contributed by atoms with E-state index in [9.17, 15) is 0 Å². The van der Waals surface area contributed by atoms with Crippen molar-refractivity contribution in [2.75, 3.05) is 36.0 Å². The number of piperidine rings is 1. The summed E-state index contributed by atoms with van der Waals surface area (Å²) in [5.74, 6) is 1.66. The van der Waals surface area contributed by atoms with Gasteiger partial charge in [-0.1, -0.05) is 11.3 Å². The summed E-state index contributed by atoms with van der Waals surface area (Å²) in [5.41, 5.74) is 11.0. The largest absolute Gasteiger partial charge is 0.376 e. The van der Waals surface area contributed by atoms with Crippen LogP contribution < -0.4 is 15.5 Å². The molecule has 12 heteroatoms. The number of aromatic nitrogens is 7. The fraction of sp³-hybridized carbons (Fsp3) is 0.520. The van der Waals surface area contributed by atoms with Crippen LogP contribution in [0.1, 0.15) is 36.9 Å². The maximum absolute atomic E-state index is 6.49. The summed E-state index contributed by atoms with van der Waals surface area (Å²) in [4.78, 5) is 19.1. The number of H-pyrrole nitrogens is 1. The highest BCUT2D eigenvalue weighted by Crippen LogP contribution is 2.42. The van der Waals surface area contributed by atoms with Gasteiger partial charge in [0.25, 0.3) is 0 Å². The molecule has 0 saturated carbocycles. The van der Waals surface area contributed by atoms with Gasteiger partial charge in [-0.2, -0.15) is 5.10 Å². The molecule has 7 rings (SSSR count). The van der Waals surface area contributed by atoms with Gasteiger partial charge in [0.1, 0.15) is 16.5 Å². The normalized spacial score (nSPS) is 23.2. The van der Waals surface area contributed by atoms with E-state index in [4.69, 9.17) is 25.4 Å². The lowest BCUT2D eigenvalue weighted by molar-refractivity contribution is 0.0974. The molecule has 0 aliphatic carbocycles. The minimum atomic E-state index is 0.0824. The number of nitrogens with zero attached hydrogens (tertiary/aromatic N) is 8. The highest BCUT2D eigenvalue weighted by Gasteiger charge is 2.47. The zero-order chi connectivity index (χ0) is 25.1. The van der Waals surface area contributed by atoms with E-state index in [1.54, 1.807) is 11.3 Å². The molecule has 7 heterocycles. The van der Waals surface area contributed by atoms with Gasteiger partial charge in [0.2, 0.25) is 0 Å². The first kappa shape index (κ1) is 22.9. The van der Waals surface area contributed by atoms with E-state index in [0.717, 1.165) is 96.2 Å². The highest BCUT2D eigenvalue weighted by atomic mass is 32.1. The molecule has 0 bridgehead atoms. The third-order valence-electron chi connectivity index (χ3n) is 8.21. The van der Waals surface area contributed by atoms with Crippen LogP contribution in [0.5, 0.6) is 0 Å². The standard InChI is InChI=1S/C25H30N10OS/c1-14-21(26)25(13-36-14)7-10-34(11-8-25)19-12-27-20-22(29-19)31-32-23(20)35-9-3-4-16-18(35)6-5-17(28-16)24-33-30-15(2)37-24/h5-6,12,14,21H,3-4,7-11,13,26H2,1-2H3,(H,29,31,32)/t14-,21+/m0/s1. The number of aromatic amines is 1. The molecule has 0 radical (unpaired) electrons. The molecule has 2 atom stereocenters. The lowest BCUT2D eigenvalue weighted by atomic mass is 9.73. The van der Waals surface area contributed by atoms with Crippen molar-refractivity contribution in [1.29, 1.82) is 0 Å². The van der Waals surface area contributed by atoms with E-state index in [-0.39, 0.29) is 17.6 Å². The number of nitrogens with one attached hydrogen (secondary N) is 1. The Balaban J connectivity index is 1.14. The van der Waals surface area contributed by atoms with Gasteiger partial charge in [0.15, 0.2) is 22.0 Å². The summed E-state index contributed by atoms with van der Waals surface area (Å²) in [7, 11) is 0. The summed E-state index contributed by atoms with van der Waals surface area (Å²) in [6.45, 7) is 7.43. The second-order valence-corrected chi connectivity index (χ2v) is 11.6. The molecule has 2 fully saturated rings. The second kappa shape index (κ2) is 8.67. The molecule has 3 aliphatic rings. The maximum Gasteiger partial charge on any atom is 0.183 e. The maximum atomic E-state index is 6.49. The Hall–Kier alpha value is -3.22. The van der Waals surface area contributed by atoms with Crippen LogP contribution in [0.2, 0.25) is 0 Å². The third-order valence-corrected chi connectivity index (χ3v) is 9.07. The molecule has 1 spiro atoms. The van der Waals surface area contributed by atoms with Crippen molar-refractivity contribution in [3.8, 4) is 10.7 Å². The Morgan fingerprint density at radius 1 is 1.16 bits per heavy atom. The molecule has 4 aromatic rings. The first-order chi connectivity index (χ1) is 18.0. The molecule has 2 saturated heterocycles. The molecule has 37 heavy (non-hydrogen) atoms. The fourth-order valence-electron chi connectivity index (χ4n) is 5.96. The molecule has 192 valence electrons. The predicted octanol–water partition coefficient (Wildman–Crippen LogP) is 2.99. The molecular formula is C25H30N10OS. The quantitative estimate of drug-likeness (QED) is 0.417. The van der Waals surface area contributed by atoms with Gasteiger partial charge in [0, 0.05) is 31.1 Å². The van der Waals surface area contributed by atoms with Crippen molar-refractivity contribution in [3.05, 3.63) is 29.0 Å². The van der Waals surface area contributed by atoms with Crippen LogP contribution >= 0.6 is 11.3 Å². The van der Waals surface area contributed by atoms with Gasteiger partial charge in [-0.15, -0.1) is 10.2 Å². The Kier molecular flexibility index (Phi) is 5.38. The number of hydrogen-bond acceptors (Lipinski definition) is 11. The van der Waals surface area contributed by atoms with Crippen LogP contribution in [0.15, 0.2) is 18.3 Å². The fourth-order valence-corrected chi connectivity index (χ4v) is 6.62. The van der Waals surface area contributed by atoms with Gasteiger partial charge in [0.05, 0.1) is 30.3 Å². The molecule has 0 unspecified atom stereocenters. The highest BCUT2D eigenvalue weighted by molar-refractivity contribution is 7.14. The van der Waals surface area contributed by atoms with E-state index in [2.05, 4.69) is 43.2 Å². The molecular weight excluding hydrogens is 488 g/mol. The lowest BCUT2D eigenvalue weighted by Gasteiger charge is -2.41. The summed E-state index contributed by atoms with van der Waals surface area (Å²) < 4.78 is 5.87. The van der Waals surface area contributed by atoms with Crippen LogP contribution in [0.25, 0.3) is 21.9 Å². The zero-order valence-corrected chi connectivity index (χ0v) is 21.8.